The maximum absolute atomic E-state index is 12.7. The standard InChI is InChI=1S/C19H28N2O8/c1-7-24-15(22)9-8(2)20-17(23)21-10(9)11-12-13(27-18(3,4)26-12)14-16(25-11)29-19(5,6)28-14/h10-14,16H,7H2,1-6H3,(H2,20,21,23)/t10-,11+,12-,13-,14+,16+/m0/s1. The van der Waals surface area contributed by atoms with Gasteiger partial charge in [0, 0.05) is 5.70 Å². The average molecular weight is 412 g/mol. The Kier molecular flexibility index (Phi) is 4.90. The van der Waals surface area contributed by atoms with Crippen LogP contribution in [0.3, 0.4) is 0 Å². The zero-order valence-corrected chi connectivity index (χ0v) is 17.4. The zero-order valence-electron chi connectivity index (χ0n) is 17.4. The Balaban J connectivity index is 1.71. The third kappa shape index (κ3) is 3.64. The Labute approximate surface area is 169 Å². The number of fused-ring (bicyclic) bond motifs is 3. The van der Waals surface area contributed by atoms with Gasteiger partial charge in [-0.1, -0.05) is 0 Å². The second-order valence-electron chi connectivity index (χ2n) is 8.47. The van der Waals surface area contributed by atoms with Crippen LogP contribution in [0.4, 0.5) is 4.79 Å². The molecule has 0 aromatic heterocycles. The summed E-state index contributed by atoms with van der Waals surface area (Å²) in [5.41, 5.74) is 0.682. The molecule has 0 radical (unpaired) electrons. The van der Waals surface area contributed by atoms with Gasteiger partial charge in [-0.2, -0.15) is 0 Å². The fourth-order valence-corrected chi connectivity index (χ4v) is 4.37. The molecule has 29 heavy (non-hydrogen) atoms. The lowest BCUT2D eigenvalue weighted by Crippen LogP contribution is -2.64. The summed E-state index contributed by atoms with van der Waals surface area (Å²) in [6.07, 6.45) is -3.07. The highest BCUT2D eigenvalue weighted by molar-refractivity contribution is 5.94. The van der Waals surface area contributed by atoms with E-state index in [-0.39, 0.29) is 12.2 Å². The molecule has 2 N–H and O–H groups in total. The summed E-state index contributed by atoms with van der Waals surface area (Å²) in [7, 11) is 0. The molecular weight excluding hydrogens is 384 g/mol. The molecule has 3 saturated heterocycles. The topological polar surface area (TPSA) is 114 Å². The lowest BCUT2D eigenvalue weighted by Gasteiger charge is -2.42. The molecule has 4 rings (SSSR count). The number of rotatable bonds is 3. The number of carbonyl (C=O) groups excluding carboxylic acids is 2. The van der Waals surface area contributed by atoms with Gasteiger partial charge in [0.25, 0.3) is 0 Å². The maximum Gasteiger partial charge on any atom is 0.337 e. The fourth-order valence-electron chi connectivity index (χ4n) is 4.37. The van der Waals surface area contributed by atoms with Gasteiger partial charge in [0.2, 0.25) is 0 Å². The van der Waals surface area contributed by atoms with Gasteiger partial charge >= 0.3 is 12.0 Å². The fraction of sp³-hybridized carbons (Fsp3) is 0.789. The average Bonchev–Trinajstić information content (AvgIpc) is 3.07. The smallest absolute Gasteiger partial charge is 0.337 e. The van der Waals surface area contributed by atoms with Crippen molar-refractivity contribution in [1.29, 1.82) is 0 Å². The molecule has 3 fully saturated rings. The summed E-state index contributed by atoms with van der Waals surface area (Å²) in [6.45, 7) is 10.8. The highest BCUT2D eigenvalue weighted by atomic mass is 16.9. The first-order valence-electron chi connectivity index (χ1n) is 9.83. The van der Waals surface area contributed by atoms with E-state index < -0.39 is 60.3 Å². The van der Waals surface area contributed by atoms with Crippen molar-refractivity contribution in [1.82, 2.24) is 10.6 Å². The van der Waals surface area contributed by atoms with Crippen LogP contribution >= 0.6 is 0 Å². The van der Waals surface area contributed by atoms with E-state index in [9.17, 15) is 9.59 Å². The Morgan fingerprint density at radius 2 is 1.59 bits per heavy atom. The van der Waals surface area contributed by atoms with Crippen molar-refractivity contribution in [2.45, 2.75) is 89.9 Å². The van der Waals surface area contributed by atoms with Gasteiger partial charge in [0.15, 0.2) is 17.9 Å². The van der Waals surface area contributed by atoms with Crippen LogP contribution in [0.25, 0.3) is 0 Å². The number of urea groups is 1. The third-order valence-electron chi connectivity index (χ3n) is 5.32. The number of amides is 2. The van der Waals surface area contributed by atoms with E-state index >= 15 is 0 Å². The van der Waals surface area contributed by atoms with E-state index in [1.54, 1.807) is 41.5 Å². The highest BCUT2D eigenvalue weighted by Crippen LogP contribution is 2.45. The molecule has 0 saturated carbocycles. The summed E-state index contributed by atoms with van der Waals surface area (Å²) >= 11 is 0. The molecule has 4 heterocycles. The second kappa shape index (κ2) is 6.92. The van der Waals surface area contributed by atoms with E-state index in [0.717, 1.165) is 0 Å². The molecule has 6 atom stereocenters. The minimum absolute atomic E-state index is 0.205. The number of carbonyl (C=O) groups is 2. The molecule has 10 nitrogen and oxygen atoms in total. The minimum Gasteiger partial charge on any atom is -0.463 e. The molecule has 0 spiro atoms. The van der Waals surface area contributed by atoms with Gasteiger partial charge in [0.1, 0.15) is 24.4 Å². The van der Waals surface area contributed by atoms with Gasteiger partial charge < -0.3 is 39.1 Å². The van der Waals surface area contributed by atoms with Gasteiger partial charge in [0.05, 0.1) is 18.2 Å². The quantitative estimate of drug-likeness (QED) is 0.658. The SMILES string of the molecule is CCOC(=O)C1=C(C)NC(=O)N[C@@H]1[C@H]1O[C@@H]2OC(C)(C)O[C@@H]2[C@H]2OC(C)(C)O[C@H]21. The lowest BCUT2D eigenvalue weighted by molar-refractivity contribution is -0.237. The number of hydrogen-bond acceptors (Lipinski definition) is 8. The normalized spacial score (nSPS) is 40.0. The summed E-state index contributed by atoms with van der Waals surface area (Å²) < 4.78 is 35.6. The number of esters is 1. The van der Waals surface area contributed by atoms with Crippen molar-refractivity contribution in [3.8, 4) is 0 Å². The predicted octanol–water partition coefficient (Wildman–Crippen LogP) is 0.901. The number of allylic oxidation sites excluding steroid dienone is 1. The number of ether oxygens (including phenoxy) is 6. The van der Waals surface area contributed by atoms with Crippen LogP contribution in [0.2, 0.25) is 0 Å². The molecule has 0 aromatic carbocycles. The predicted molar refractivity (Wildman–Crippen MR) is 97.3 cm³/mol. The molecular formula is C19H28N2O8. The van der Waals surface area contributed by atoms with Gasteiger partial charge in [-0.3, -0.25) is 0 Å². The second-order valence-corrected chi connectivity index (χ2v) is 8.47. The van der Waals surface area contributed by atoms with E-state index in [4.69, 9.17) is 28.4 Å². The van der Waals surface area contributed by atoms with Crippen molar-refractivity contribution in [2.24, 2.45) is 0 Å². The first kappa shape index (κ1) is 20.5. The third-order valence-corrected chi connectivity index (χ3v) is 5.32. The molecule has 162 valence electrons. The van der Waals surface area contributed by atoms with Crippen molar-refractivity contribution in [3.05, 3.63) is 11.3 Å². The van der Waals surface area contributed by atoms with Crippen LogP contribution in [0, 0.1) is 0 Å². The van der Waals surface area contributed by atoms with Crippen molar-refractivity contribution >= 4 is 12.0 Å². The van der Waals surface area contributed by atoms with E-state index in [1.165, 1.54) is 0 Å². The lowest BCUT2D eigenvalue weighted by atomic mass is 9.88. The van der Waals surface area contributed by atoms with Crippen molar-refractivity contribution in [3.63, 3.8) is 0 Å². The molecule has 4 aliphatic rings. The monoisotopic (exact) mass is 412 g/mol. The Hall–Kier alpha value is -1.72. The van der Waals surface area contributed by atoms with Crippen LogP contribution in [-0.2, 0) is 33.2 Å². The minimum atomic E-state index is -0.887. The van der Waals surface area contributed by atoms with E-state index in [0.29, 0.717) is 5.70 Å². The Morgan fingerprint density at radius 3 is 2.24 bits per heavy atom. The molecule has 0 unspecified atom stereocenters. The van der Waals surface area contributed by atoms with Gasteiger partial charge in [-0.05, 0) is 41.5 Å². The van der Waals surface area contributed by atoms with Crippen molar-refractivity contribution < 1.29 is 38.0 Å². The summed E-state index contributed by atoms with van der Waals surface area (Å²) in [5.74, 6) is -2.29. The first-order chi connectivity index (χ1) is 13.5. The van der Waals surface area contributed by atoms with Crippen LogP contribution in [0.1, 0.15) is 41.5 Å². The van der Waals surface area contributed by atoms with Crippen molar-refractivity contribution in [2.75, 3.05) is 6.61 Å². The summed E-state index contributed by atoms with van der Waals surface area (Å²) in [4.78, 5) is 24.9. The summed E-state index contributed by atoms with van der Waals surface area (Å²) in [6, 6.07) is -1.24. The highest BCUT2D eigenvalue weighted by Gasteiger charge is 2.62. The first-order valence-corrected chi connectivity index (χ1v) is 9.83. The van der Waals surface area contributed by atoms with Crippen LogP contribution in [-0.4, -0.2) is 66.9 Å². The molecule has 10 heteroatoms. The van der Waals surface area contributed by atoms with Crippen LogP contribution in [0.15, 0.2) is 11.3 Å². The van der Waals surface area contributed by atoms with Gasteiger partial charge in [-0.25, -0.2) is 9.59 Å². The Bertz CT molecular complexity index is 748. The molecule has 2 amide bonds. The zero-order chi connectivity index (χ0) is 21.1. The molecule has 0 bridgehead atoms. The Morgan fingerprint density at radius 1 is 1.00 bits per heavy atom. The van der Waals surface area contributed by atoms with Crippen LogP contribution < -0.4 is 10.6 Å². The molecule has 0 aliphatic carbocycles. The van der Waals surface area contributed by atoms with Gasteiger partial charge in [-0.15, -0.1) is 0 Å². The summed E-state index contributed by atoms with van der Waals surface area (Å²) in [5, 5.41) is 5.40. The molecule has 0 aromatic rings. The number of nitrogens with one attached hydrogen (secondary N) is 2. The largest absolute Gasteiger partial charge is 0.463 e. The number of hydrogen-bond donors (Lipinski definition) is 2. The van der Waals surface area contributed by atoms with Crippen LogP contribution in [0.5, 0.6) is 0 Å². The maximum atomic E-state index is 12.7. The van der Waals surface area contributed by atoms with E-state index in [2.05, 4.69) is 10.6 Å². The van der Waals surface area contributed by atoms with E-state index in [1.807, 2.05) is 0 Å². The molecule has 4 aliphatic heterocycles.